The van der Waals surface area contributed by atoms with E-state index in [9.17, 15) is 9.90 Å². The van der Waals surface area contributed by atoms with Gasteiger partial charge in [-0.3, -0.25) is 9.36 Å². The van der Waals surface area contributed by atoms with E-state index in [2.05, 4.69) is 4.98 Å². The summed E-state index contributed by atoms with van der Waals surface area (Å²) in [6, 6.07) is 4.63. The average molecular weight is 236 g/mol. The van der Waals surface area contributed by atoms with Crippen molar-refractivity contribution in [2.24, 2.45) is 0 Å². The van der Waals surface area contributed by atoms with Gasteiger partial charge in [-0.15, -0.1) is 0 Å². The molecular weight excluding hydrogens is 224 g/mol. The Balaban J connectivity index is 2.85. The van der Waals surface area contributed by atoms with Gasteiger partial charge in [0.05, 0.1) is 10.9 Å². The van der Waals surface area contributed by atoms with Gasteiger partial charge < -0.3 is 10.1 Å². The summed E-state index contributed by atoms with van der Waals surface area (Å²) >= 11 is 5.11. The highest BCUT2D eigenvalue weighted by molar-refractivity contribution is 7.71. The van der Waals surface area contributed by atoms with Crippen LogP contribution >= 0.6 is 12.2 Å². The Bertz CT molecular complexity index is 642. The van der Waals surface area contributed by atoms with Crippen LogP contribution < -0.4 is 5.56 Å². The number of hydrogen-bond acceptors (Lipinski definition) is 3. The molecule has 0 amide bonds. The first kappa shape index (κ1) is 10.9. The number of H-pyrrole nitrogens is 1. The zero-order valence-corrected chi connectivity index (χ0v) is 9.67. The fourth-order valence-corrected chi connectivity index (χ4v) is 1.95. The molecule has 2 aromatic rings. The van der Waals surface area contributed by atoms with Crippen LogP contribution in [-0.2, 0) is 6.54 Å². The number of aromatic nitrogens is 2. The van der Waals surface area contributed by atoms with Gasteiger partial charge in [0.1, 0.15) is 5.75 Å². The van der Waals surface area contributed by atoms with Crippen molar-refractivity contribution in [1.29, 1.82) is 0 Å². The normalized spacial score (nSPS) is 10.8. The number of nitrogens with one attached hydrogen (secondary N) is 1. The van der Waals surface area contributed by atoms with E-state index in [-0.39, 0.29) is 11.3 Å². The van der Waals surface area contributed by atoms with Crippen molar-refractivity contribution >= 4 is 23.1 Å². The van der Waals surface area contributed by atoms with Gasteiger partial charge >= 0.3 is 0 Å². The van der Waals surface area contributed by atoms with Gasteiger partial charge in [-0.1, -0.05) is 6.92 Å². The molecule has 0 saturated carbocycles. The van der Waals surface area contributed by atoms with Gasteiger partial charge in [-0.25, -0.2) is 0 Å². The lowest BCUT2D eigenvalue weighted by Crippen LogP contribution is -2.21. The second-order valence-corrected chi connectivity index (χ2v) is 4.00. The molecule has 16 heavy (non-hydrogen) atoms. The highest BCUT2D eigenvalue weighted by Gasteiger charge is 2.05. The lowest BCUT2D eigenvalue weighted by Gasteiger charge is -2.06. The first-order chi connectivity index (χ1) is 7.63. The predicted molar refractivity (Wildman–Crippen MR) is 65.3 cm³/mol. The summed E-state index contributed by atoms with van der Waals surface area (Å²) < 4.78 is 1.93. The molecule has 0 radical (unpaired) electrons. The molecular formula is C11H12N2O2S. The summed E-state index contributed by atoms with van der Waals surface area (Å²) in [5.74, 6) is 0.0816. The fourth-order valence-electron chi connectivity index (χ4n) is 1.67. The Morgan fingerprint density at radius 3 is 2.94 bits per heavy atom. The maximum Gasteiger partial charge on any atom is 0.262 e. The van der Waals surface area contributed by atoms with Crippen LogP contribution in [0.4, 0.5) is 0 Å². The molecule has 0 spiro atoms. The molecule has 84 valence electrons. The zero-order chi connectivity index (χ0) is 11.7. The van der Waals surface area contributed by atoms with E-state index in [1.807, 2.05) is 6.92 Å². The van der Waals surface area contributed by atoms with Crippen LogP contribution in [0.15, 0.2) is 23.0 Å². The van der Waals surface area contributed by atoms with E-state index < -0.39 is 0 Å². The fraction of sp³-hybridized carbons (Fsp3) is 0.273. The van der Waals surface area contributed by atoms with E-state index >= 15 is 0 Å². The van der Waals surface area contributed by atoms with Crippen molar-refractivity contribution in [3.63, 3.8) is 0 Å². The Morgan fingerprint density at radius 2 is 2.25 bits per heavy atom. The number of aromatic amines is 1. The molecule has 0 bridgehead atoms. The number of phenolic OH excluding ortho intramolecular Hbond substituents is 1. The average Bonchev–Trinajstić information content (AvgIpc) is 2.26. The largest absolute Gasteiger partial charge is 0.508 e. The second kappa shape index (κ2) is 4.09. The van der Waals surface area contributed by atoms with E-state index in [4.69, 9.17) is 12.2 Å². The summed E-state index contributed by atoms with van der Waals surface area (Å²) in [6.07, 6.45) is 0.835. The van der Waals surface area contributed by atoms with Crippen LogP contribution in [0, 0.1) is 4.77 Å². The van der Waals surface area contributed by atoms with Crippen LogP contribution in [0.5, 0.6) is 5.75 Å². The molecule has 0 fully saturated rings. The Labute approximate surface area is 97.2 Å². The molecule has 0 unspecified atom stereocenters. The molecule has 0 atom stereocenters. The van der Waals surface area contributed by atoms with E-state index in [0.29, 0.717) is 22.2 Å². The molecule has 0 saturated heterocycles. The van der Waals surface area contributed by atoms with E-state index in [0.717, 1.165) is 6.42 Å². The maximum atomic E-state index is 12.1. The molecule has 0 aliphatic carbocycles. The van der Waals surface area contributed by atoms with Crippen molar-refractivity contribution in [3.05, 3.63) is 33.3 Å². The Hall–Kier alpha value is -1.62. The molecule has 5 heteroatoms. The van der Waals surface area contributed by atoms with Crippen LogP contribution in [0.1, 0.15) is 13.3 Å². The third kappa shape index (κ3) is 1.74. The third-order valence-electron chi connectivity index (χ3n) is 2.41. The first-order valence-electron chi connectivity index (χ1n) is 5.09. The molecule has 2 N–H and O–H groups in total. The summed E-state index contributed by atoms with van der Waals surface area (Å²) in [5.41, 5.74) is 0.497. The zero-order valence-electron chi connectivity index (χ0n) is 8.86. The maximum absolute atomic E-state index is 12.1. The molecule has 4 nitrogen and oxygen atoms in total. The highest BCUT2D eigenvalue weighted by Crippen LogP contribution is 2.14. The quantitative estimate of drug-likeness (QED) is 0.786. The summed E-state index contributed by atoms with van der Waals surface area (Å²) in [6.45, 7) is 2.56. The summed E-state index contributed by atoms with van der Waals surface area (Å²) in [5, 5.41) is 9.82. The van der Waals surface area contributed by atoms with Gasteiger partial charge in [-0.2, -0.15) is 0 Å². The predicted octanol–water partition coefficient (Wildman–Crippen LogP) is 2.17. The second-order valence-electron chi connectivity index (χ2n) is 3.62. The highest BCUT2D eigenvalue weighted by atomic mass is 32.1. The van der Waals surface area contributed by atoms with Crippen molar-refractivity contribution in [3.8, 4) is 5.75 Å². The van der Waals surface area contributed by atoms with Gasteiger partial charge in [0.25, 0.3) is 5.56 Å². The van der Waals surface area contributed by atoms with Crippen molar-refractivity contribution < 1.29 is 5.11 Å². The van der Waals surface area contributed by atoms with Crippen molar-refractivity contribution in [2.45, 2.75) is 19.9 Å². The van der Waals surface area contributed by atoms with Crippen molar-refractivity contribution in [1.82, 2.24) is 9.55 Å². The SMILES string of the molecule is CCCn1c(=S)[nH]c2ccc(O)cc2c1=O. The van der Waals surface area contributed by atoms with E-state index in [1.165, 1.54) is 16.7 Å². The van der Waals surface area contributed by atoms with E-state index in [1.54, 1.807) is 6.07 Å². The number of phenols is 1. The minimum absolute atomic E-state index is 0.0816. The standard InChI is InChI=1S/C11H12N2O2S/c1-2-5-13-10(15)8-6-7(14)3-4-9(8)12-11(13)16/h3-4,6,14H,2,5H2,1H3,(H,12,16). The van der Waals surface area contributed by atoms with Gasteiger partial charge in [0, 0.05) is 6.54 Å². The van der Waals surface area contributed by atoms with Crippen molar-refractivity contribution in [2.75, 3.05) is 0 Å². The minimum Gasteiger partial charge on any atom is -0.508 e. The Morgan fingerprint density at radius 1 is 1.50 bits per heavy atom. The molecule has 0 aliphatic heterocycles. The van der Waals surface area contributed by atoms with Crippen LogP contribution in [0.25, 0.3) is 10.9 Å². The van der Waals surface area contributed by atoms with Gasteiger partial charge in [0.2, 0.25) is 0 Å². The molecule has 1 heterocycles. The number of aromatic hydroxyl groups is 1. The number of nitrogens with zero attached hydrogens (tertiary/aromatic N) is 1. The number of hydrogen-bond donors (Lipinski definition) is 2. The third-order valence-corrected chi connectivity index (χ3v) is 2.74. The lowest BCUT2D eigenvalue weighted by atomic mass is 10.2. The van der Waals surface area contributed by atoms with Crippen LogP contribution in [0.3, 0.4) is 0 Å². The minimum atomic E-state index is -0.156. The molecule has 1 aromatic carbocycles. The molecule has 2 rings (SSSR count). The first-order valence-corrected chi connectivity index (χ1v) is 5.50. The Kier molecular flexibility index (Phi) is 2.78. The molecule has 1 aromatic heterocycles. The summed E-state index contributed by atoms with van der Waals surface area (Å²) in [7, 11) is 0. The molecule has 0 aliphatic rings. The number of rotatable bonds is 2. The van der Waals surface area contributed by atoms with Gasteiger partial charge in [0.15, 0.2) is 4.77 Å². The number of fused-ring (bicyclic) bond motifs is 1. The van der Waals surface area contributed by atoms with Crippen LogP contribution in [0.2, 0.25) is 0 Å². The van der Waals surface area contributed by atoms with Crippen LogP contribution in [-0.4, -0.2) is 14.7 Å². The lowest BCUT2D eigenvalue weighted by molar-refractivity contribution is 0.476. The smallest absolute Gasteiger partial charge is 0.262 e. The number of benzene rings is 1. The summed E-state index contributed by atoms with van der Waals surface area (Å²) in [4.78, 5) is 15.0. The topological polar surface area (TPSA) is 58.0 Å². The van der Waals surface area contributed by atoms with Gasteiger partial charge in [-0.05, 0) is 36.8 Å². The monoisotopic (exact) mass is 236 g/mol.